The molecule has 1 atom stereocenters. The van der Waals surface area contributed by atoms with Crippen molar-refractivity contribution in [3.8, 4) is 5.75 Å². The van der Waals surface area contributed by atoms with Crippen molar-refractivity contribution in [3.63, 3.8) is 0 Å². The molecule has 0 unspecified atom stereocenters. The molecule has 3 aromatic carbocycles. The molecule has 0 radical (unpaired) electrons. The highest BCUT2D eigenvalue weighted by atomic mass is 16.5. The lowest BCUT2D eigenvalue weighted by Crippen LogP contribution is -2.38. The second-order valence-electron chi connectivity index (χ2n) is 8.50. The Kier molecular flexibility index (Phi) is 5.47. The third kappa shape index (κ3) is 3.69. The fourth-order valence-corrected chi connectivity index (χ4v) is 4.78. The van der Waals surface area contributed by atoms with E-state index < -0.39 is 6.04 Å². The molecule has 0 bridgehead atoms. The van der Waals surface area contributed by atoms with E-state index in [1.165, 1.54) is 0 Å². The van der Waals surface area contributed by atoms with Crippen LogP contribution in [-0.2, 0) is 4.79 Å². The first-order valence-corrected chi connectivity index (χ1v) is 11.2. The van der Waals surface area contributed by atoms with Gasteiger partial charge < -0.3 is 10.1 Å². The molecule has 5 nitrogen and oxygen atoms in total. The number of hydrogen-bond acceptors (Lipinski definition) is 4. The maximum Gasteiger partial charge on any atom is 0.259 e. The maximum atomic E-state index is 14.1. The molecule has 5 rings (SSSR count). The number of hydrogen-bond donors (Lipinski definition) is 1. The van der Waals surface area contributed by atoms with Gasteiger partial charge in [-0.25, -0.2) is 0 Å². The number of aryl methyl sites for hydroxylation is 1. The number of carbonyl (C=O) groups is 2. The summed E-state index contributed by atoms with van der Waals surface area (Å²) in [5, 5.41) is 3.50. The second kappa shape index (κ2) is 8.58. The number of carbonyl (C=O) groups excluding carboxylic acids is 2. The first-order valence-electron chi connectivity index (χ1n) is 11.2. The van der Waals surface area contributed by atoms with Crippen LogP contribution in [0.5, 0.6) is 5.75 Å². The van der Waals surface area contributed by atoms with Gasteiger partial charge in [-0.15, -0.1) is 0 Å². The Labute approximate surface area is 193 Å². The van der Waals surface area contributed by atoms with Crippen LogP contribution in [0.25, 0.3) is 0 Å². The number of allylic oxidation sites excluding steroid dienone is 1. The summed E-state index contributed by atoms with van der Waals surface area (Å²) in [5.41, 5.74) is 5.53. The van der Waals surface area contributed by atoms with Crippen LogP contribution in [0.15, 0.2) is 84.1 Å². The molecule has 1 heterocycles. The zero-order valence-corrected chi connectivity index (χ0v) is 18.8. The number of Topliss-reactive ketones (excluding diaryl/α,β-unsaturated/α-hetero) is 1. The lowest BCUT2D eigenvalue weighted by atomic mass is 9.85. The third-order valence-electron chi connectivity index (χ3n) is 6.39. The lowest BCUT2D eigenvalue weighted by Gasteiger charge is -2.34. The number of amides is 1. The van der Waals surface area contributed by atoms with Crippen molar-refractivity contribution in [3.05, 3.63) is 101 Å². The van der Waals surface area contributed by atoms with Gasteiger partial charge in [0.2, 0.25) is 0 Å². The Balaban J connectivity index is 1.80. The Morgan fingerprint density at radius 1 is 0.970 bits per heavy atom. The van der Waals surface area contributed by atoms with Gasteiger partial charge in [-0.05, 0) is 50.1 Å². The van der Waals surface area contributed by atoms with Gasteiger partial charge in [0.25, 0.3) is 5.91 Å². The summed E-state index contributed by atoms with van der Waals surface area (Å²) >= 11 is 0. The minimum atomic E-state index is -0.603. The number of nitrogens with one attached hydrogen (secondary N) is 1. The van der Waals surface area contributed by atoms with Gasteiger partial charge in [0.05, 0.1) is 24.5 Å². The van der Waals surface area contributed by atoms with Crippen molar-refractivity contribution in [2.24, 2.45) is 0 Å². The van der Waals surface area contributed by atoms with E-state index >= 15 is 0 Å². The fraction of sp³-hybridized carbons (Fsp3) is 0.214. The molecule has 5 heteroatoms. The van der Waals surface area contributed by atoms with E-state index in [4.69, 9.17) is 4.74 Å². The monoisotopic (exact) mass is 438 g/mol. The van der Waals surface area contributed by atoms with Gasteiger partial charge in [0.15, 0.2) is 5.78 Å². The van der Waals surface area contributed by atoms with E-state index in [0.717, 1.165) is 41.0 Å². The molecule has 166 valence electrons. The van der Waals surface area contributed by atoms with Crippen LogP contribution in [-0.4, -0.2) is 18.8 Å². The van der Waals surface area contributed by atoms with Gasteiger partial charge in [0.1, 0.15) is 5.75 Å². The van der Waals surface area contributed by atoms with Crippen LogP contribution in [0.3, 0.4) is 0 Å². The Morgan fingerprint density at radius 2 is 1.70 bits per heavy atom. The van der Waals surface area contributed by atoms with Crippen LogP contribution in [0.2, 0.25) is 0 Å². The van der Waals surface area contributed by atoms with E-state index in [1.54, 1.807) is 12.0 Å². The normalized spacial score (nSPS) is 17.6. The molecule has 0 spiro atoms. The lowest BCUT2D eigenvalue weighted by molar-refractivity contribution is -0.116. The van der Waals surface area contributed by atoms with Gasteiger partial charge in [-0.2, -0.15) is 0 Å². The first kappa shape index (κ1) is 21.0. The largest absolute Gasteiger partial charge is 0.496 e. The summed E-state index contributed by atoms with van der Waals surface area (Å²) in [6, 6.07) is 22.3. The number of ketones is 1. The quantitative estimate of drug-likeness (QED) is 0.559. The van der Waals surface area contributed by atoms with Crippen LogP contribution in [0.4, 0.5) is 11.4 Å². The number of benzene rings is 3. The van der Waals surface area contributed by atoms with Crippen molar-refractivity contribution < 1.29 is 14.3 Å². The molecule has 0 aromatic heterocycles. The zero-order valence-electron chi connectivity index (χ0n) is 18.8. The molecule has 0 saturated carbocycles. The summed E-state index contributed by atoms with van der Waals surface area (Å²) < 4.78 is 5.70. The highest BCUT2D eigenvalue weighted by molar-refractivity contribution is 6.12. The van der Waals surface area contributed by atoms with Gasteiger partial charge in [0, 0.05) is 28.8 Å². The molecule has 33 heavy (non-hydrogen) atoms. The van der Waals surface area contributed by atoms with Crippen molar-refractivity contribution in [1.82, 2.24) is 0 Å². The van der Waals surface area contributed by atoms with Crippen molar-refractivity contribution >= 4 is 23.1 Å². The van der Waals surface area contributed by atoms with Crippen LogP contribution < -0.4 is 15.0 Å². The molecule has 1 amide bonds. The standard InChI is InChI=1S/C28H26N2O3/c1-18-14-16-19(17-15-18)28(32)30-23-11-5-4-9-21(23)29-22-10-7-12-24(31)26(22)27(30)20-8-3-6-13-25(20)33-2/h3-6,8-9,11,13-17,27,29H,7,10,12H2,1-2H3/t27-/m1/s1. The number of fused-ring (bicyclic) bond motifs is 1. The molecule has 3 aromatic rings. The predicted octanol–water partition coefficient (Wildman–Crippen LogP) is 5.82. The summed E-state index contributed by atoms with van der Waals surface area (Å²) in [5.74, 6) is 0.551. The summed E-state index contributed by atoms with van der Waals surface area (Å²) in [4.78, 5) is 29.3. The van der Waals surface area contributed by atoms with Gasteiger partial charge in [-0.1, -0.05) is 48.0 Å². The molecule has 0 fully saturated rings. The second-order valence-corrected chi connectivity index (χ2v) is 8.50. The van der Waals surface area contributed by atoms with E-state index in [2.05, 4.69) is 5.32 Å². The maximum absolute atomic E-state index is 14.1. The molecule has 1 N–H and O–H groups in total. The molecular formula is C28H26N2O3. The Bertz CT molecular complexity index is 1260. The third-order valence-corrected chi connectivity index (χ3v) is 6.39. The number of para-hydroxylation sites is 3. The van der Waals surface area contributed by atoms with E-state index in [0.29, 0.717) is 23.3 Å². The van der Waals surface area contributed by atoms with Crippen LogP contribution in [0.1, 0.15) is 46.8 Å². The summed E-state index contributed by atoms with van der Waals surface area (Å²) in [7, 11) is 1.62. The zero-order chi connectivity index (χ0) is 22.9. The van der Waals surface area contributed by atoms with Crippen LogP contribution in [0, 0.1) is 6.92 Å². The Morgan fingerprint density at radius 3 is 2.48 bits per heavy atom. The minimum Gasteiger partial charge on any atom is -0.496 e. The highest BCUT2D eigenvalue weighted by Gasteiger charge is 2.40. The average molecular weight is 439 g/mol. The molecule has 1 aliphatic heterocycles. The molecule has 0 saturated heterocycles. The fourth-order valence-electron chi connectivity index (χ4n) is 4.78. The van der Waals surface area contributed by atoms with Gasteiger partial charge >= 0.3 is 0 Å². The number of nitrogens with zero attached hydrogens (tertiary/aromatic N) is 1. The molecule has 1 aliphatic carbocycles. The van der Waals surface area contributed by atoms with Crippen LogP contribution >= 0.6 is 0 Å². The van der Waals surface area contributed by atoms with Gasteiger partial charge in [-0.3, -0.25) is 14.5 Å². The summed E-state index contributed by atoms with van der Waals surface area (Å²) in [6.07, 6.45) is 2.01. The smallest absolute Gasteiger partial charge is 0.259 e. The number of anilines is 2. The topological polar surface area (TPSA) is 58.6 Å². The van der Waals surface area contributed by atoms with E-state index in [-0.39, 0.29) is 11.7 Å². The minimum absolute atomic E-state index is 0.0640. The molecular weight excluding hydrogens is 412 g/mol. The average Bonchev–Trinajstić information content (AvgIpc) is 2.99. The Hall–Kier alpha value is -3.86. The van der Waals surface area contributed by atoms with E-state index in [9.17, 15) is 9.59 Å². The SMILES string of the molecule is COc1ccccc1[C@@H]1C2=C(CCCC2=O)Nc2ccccc2N1C(=O)c1ccc(C)cc1. The highest BCUT2D eigenvalue weighted by Crippen LogP contribution is 2.47. The number of methoxy groups -OCH3 is 1. The predicted molar refractivity (Wildman–Crippen MR) is 130 cm³/mol. The van der Waals surface area contributed by atoms with Crippen molar-refractivity contribution in [2.75, 3.05) is 17.3 Å². The van der Waals surface area contributed by atoms with Crippen molar-refractivity contribution in [2.45, 2.75) is 32.2 Å². The molecule has 2 aliphatic rings. The van der Waals surface area contributed by atoms with E-state index in [1.807, 2.05) is 79.7 Å². The summed E-state index contributed by atoms with van der Waals surface area (Å²) in [6.45, 7) is 1.99. The number of ether oxygens (including phenoxy) is 1. The van der Waals surface area contributed by atoms with Crippen molar-refractivity contribution in [1.29, 1.82) is 0 Å². The first-order chi connectivity index (χ1) is 16.1. The number of rotatable bonds is 3.